The molecule has 0 radical (unpaired) electrons. The first-order valence-electron chi connectivity index (χ1n) is 12.4. The van der Waals surface area contributed by atoms with Gasteiger partial charge in [0.2, 0.25) is 0 Å². The monoisotopic (exact) mass is 562 g/mol. The van der Waals surface area contributed by atoms with Gasteiger partial charge in [0.15, 0.2) is 0 Å². The Morgan fingerprint density at radius 2 is 2.05 bits per heavy atom. The minimum atomic E-state index is -4.49. The Morgan fingerprint density at radius 1 is 1.26 bits per heavy atom. The number of rotatable bonds is 7. The Kier molecular flexibility index (Phi) is 8.98. The van der Waals surface area contributed by atoms with Gasteiger partial charge in [0.05, 0.1) is 35.7 Å². The van der Waals surface area contributed by atoms with E-state index in [0.717, 1.165) is 12.1 Å². The van der Waals surface area contributed by atoms with E-state index < -0.39 is 29.8 Å². The Balaban J connectivity index is 1.37. The lowest BCUT2D eigenvalue weighted by Gasteiger charge is -2.35. The number of piperidine rings is 1. The van der Waals surface area contributed by atoms with Crippen molar-refractivity contribution in [1.82, 2.24) is 9.88 Å². The molecule has 39 heavy (non-hydrogen) atoms. The van der Waals surface area contributed by atoms with Crippen molar-refractivity contribution in [1.29, 1.82) is 0 Å². The van der Waals surface area contributed by atoms with Crippen molar-refractivity contribution in [2.75, 3.05) is 26.7 Å². The van der Waals surface area contributed by atoms with Gasteiger partial charge in [0.25, 0.3) is 0 Å². The van der Waals surface area contributed by atoms with Crippen LogP contribution in [0.1, 0.15) is 42.1 Å². The maximum absolute atomic E-state index is 15.4. The number of hydrogen-bond acceptors (Lipinski definition) is 4. The number of fused-ring (bicyclic) bond motifs is 1. The number of alkyl halides is 4. The summed E-state index contributed by atoms with van der Waals surface area (Å²) >= 11 is 5.96. The van der Waals surface area contributed by atoms with E-state index in [1.165, 1.54) is 13.2 Å². The fourth-order valence-corrected chi connectivity index (χ4v) is 5.17. The van der Waals surface area contributed by atoms with E-state index in [1.807, 2.05) is 4.90 Å². The topological polar surface area (TPSA) is 62.7 Å². The van der Waals surface area contributed by atoms with Gasteiger partial charge < -0.3 is 9.84 Å². The van der Waals surface area contributed by atoms with Gasteiger partial charge in [0.1, 0.15) is 11.9 Å². The number of aromatic nitrogens is 1. The van der Waals surface area contributed by atoms with Gasteiger partial charge in [-0.1, -0.05) is 23.4 Å². The minimum Gasteiger partial charge on any atom is -0.497 e. The molecule has 0 aliphatic carbocycles. The molecule has 3 aromatic rings. The molecule has 4 rings (SSSR count). The van der Waals surface area contributed by atoms with Crippen LogP contribution in [0.5, 0.6) is 5.75 Å². The van der Waals surface area contributed by atoms with Gasteiger partial charge in [-0.3, -0.25) is 14.7 Å². The van der Waals surface area contributed by atoms with Crippen molar-refractivity contribution < 1.29 is 32.2 Å². The van der Waals surface area contributed by atoms with Crippen LogP contribution in [0.3, 0.4) is 0 Å². The first-order chi connectivity index (χ1) is 18.6. The summed E-state index contributed by atoms with van der Waals surface area (Å²) in [4.78, 5) is 18.2. The van der Waals surface area contributed by atoms with Crippen LogP contribution < -0.4 is 4.74 Å². The van der Waals surface area contributed by atoms with E-state index in [-0.39, 0.29) is 36.0 Å². The zero-order valence-corrected chi connectivity index (χ0v) is 21.9. The molecule has 1 aromatic heterocycles. The summed E-state index contributed by atoms with van der Waals surface area (Å²) in [5.41, 5.74) is 0.577. The third-order valence-corrected chi connectivity index (χ3v) is 7.40. The number of benzene rings is 2. The summed E-state index contributed by atoms with van der Waals surface area (Å²) in [6.07, 6.45) is -3.06. The Labute approximate surface area is 228 Å². The zero-order chi connectivity index (χ0) is 28.2. The molecule has 10 heteroatoms. The third kappa shape index (κ3) is 7.00. The van der Waals surface area contributed by atoms with E-state index >= 15 is 4.39 Å². The first kappa shape index (κ1) is 28.7. The second-order valence-electron chi connectivity index (χ2n) is 9.55. The van der Waals surface area contributed by atoms with Crippen molar-refractivity contribution in [2.45, 2.75) is 31.6 Å². The van der Waals surface area contributed by atoms with Crippen LogP contribution in [-0.4, -0.2) is 47.7 Å². The van der Waals surface area contributed by atoms with Gasteiger partial charge in [-0.05, 0) is 79.8 Å². The van der Waals surface area contributed by atoms with Crippen LogP contribution in [0.15, 0.2) is 48.7 Å². The van der Waals surface area contributed by atoms with Gasteiger partial charge in [-0.15, -0.1) is 0 Å². The van der Waals surface area contributed by atoms with E-state index in [2.05, 4.69) is 16.8 Å². The highest BCUT2D eigenvalue weighted by Crippen LogP contribution is 2.36. The standard InChI is InChI=1S/C29H27ClF4N2O3/c1-39-21-7-9-27-23(16-21)22(10-12-35-27)26(31)8-5-18-11-14-36(17-24(18)28(37)38)13-2-3-19-4-6-20(15-25(19)30)29(32,33)34/h4,6-7,9-10,12,15-16,18,24,26H,5,8,11,13-14,17H2,1H3,(H,37,38)/t18-,24+,26-/m1/s1. The lowest BCUT2D eigenvalue weighted by molar-refractivity contribution is -0.146. The van der Waals surface area contributed by atoms with E-state index in [9.17, 15) is 23.1 Å². The van der Waals surface area contributed by atoms with E-state index in [0.29, 0.717) is 41.6 Å². The fourth-order valence-electron chi connectivity index (χ4n) is 4.94. The Morgan fingerprint density at radius 3 is 2.74 bits per heavy atom. The predicted octanol–water partition coefficient (Wildman–Crippen LogP) is 6.78. The quantitative estimate of drug-likeness (QED) is 0.254. The number of aliphatic carboxylic acids is 1. The lowest BCUT2D eigenvalue weighted by Crippen LogP contribution is -2.44. The number of carbonyl (C=O) groups is 1. The number of likely N-dealkylation sites (tertiary alicyclic amines) is 1. The summed E-state index contributed by atoms with van der Waals surface area (Å²) in [6.45, 7) is 1.07. The zero-order valence-electron chi connectivity index (χ0n) is 21.1. The van der Waals surface area contributed by atoms with Crippen LogP contribution in [0.4, 0.5) is 17.6 Å². The summed E-state index contributed by atoms with van der Waals surface area (Å²) in [7, 11) is 1.54. The maximum atomic E-state index is 15.4. The highest BCUT2D eigenvalue weighted by molar-refractivity contribution is 6.31. The van der Waals surface area contributed by atoms with Crippen molar-refractivity contribution in [2.24, 2.45) is 11.8 Å². The number of halogens is 5. The summed E-state index contributed by atoms with van der Waals surface area (Å²) in [5.74, 6) is 4.43. The molecule has 0 unspecified atom stereocenters. The molecule has 2 aromatic carbocycles. The molecule has 1 aliphatic heterocycles. The van der Waals surface area contributed by atoms with Crippen molar-refractivity contribution in [3.05, 3.63) is 70.4 Å². The molecule has 1 fully saturated rings. The van der Waals surface area contributed by atoms with Crippen LogP contribution in [-0.2, 0) is 11.0 Å². The average Bonchev–Trinajstić information content (AvgIpc) is 2.91. The second kappa shape index (κ2) is 12.2. The van der Waals surface area contributed by atoms with Gasteiger partial charge in [-0.25, -0.2) is 4.39 Å². The van der Waals surface area contributed by atoms with Gasteiger partial charge >= 0.3 is 12.1 Å². The predicted molar refractivity (Wildman–Crippen MR) is 140 cm³/mol. The fraction of sp³-hybridized carbons (Fsp3) is 0.379. The maximum Gasteiger partial charge on any atom is 0.416 e. The Bertz CT molecular complexity index is 1400. The molecule has 1 saturated heterocycles. The number of pyridine rings is 1. The van der Waals surface area contributed by atoms with Crippen molar-refractivity contribution in [3.8, 4) is 17.6 Å². The van der Waals surface area contributed by atoms with Crippen molar-refractivity contribution >= 4 is 28.5 Å². The second-order valence-corrected chi connectivity index (χ2v) is 9.96. The number of carboxylic acids is 1. The van der Waals surface area contributed by atoms with Crippen LogP contribution >= 0.6 is 11.6 Å². The molecule has 0 saturated carbocycles. The number of hydrogen-bond donors (Lipinski definition) is 1. The lowest BCUT2D eigenvalue weighted by atomic mass is 9.81. The van der Waals surface area contributed by atoms with E-state index in [1.54, 1.807) is 30.5 Å². The molecular weight excluding hydrogens is 536 g/mol. The normalized spacial score (nSPS) is 18.8. The Hall–Kier alpha value is -3.35. The highest BCUT2D eigenvalue weighted by atomic mass is 35.5. The molecule has 206 valence electrons. The van der Waals surface area contributed by atoms with Crippen molar-refractivity contribution in [3.63, 3.8) is 0 Å². The van der Waals surface area contributed by atoms with Gasteiger partial charge in [0, 0.05) is 23.7 Å². The SMILES string of the molecule is COc1ccc2nccc([C@H](F)CC[C@@H]3CCN(CC#Cc4ccc(C(F)(F)F)cc4Cl)C[C@@H]3C(=O)O)c2c1. The molecule has 0 amide bonds. The van der Waals surface area contributed by atoms with Gasteiger partial charge in [-0.2, -0.15) is 13.2 Å². The first-order valence-corrected chi connectivity index (χ1v) is 12.8. The minimum absolute atomic E-state index is 0.0966. The molecule has 0 spiro atoms. The molecule has 2 heterocycles. The number of ether oxygens (including phenoxy) is 1. The smallest absolute Gasteiger partial charge is 0.416 e. The third-order valence-electron chi connectivity index (χ3n) is 7.09. The largest absolute Gasteiger partial charge is 0.497 e. The number of methoxy groups -OCH3 is 1. The van der Waals surface area contributed by atoms with Crippen LogP contribution in [0.2, 0.25) is 5.02 Å². The number of nitrogens with zero attached hydrogens (tertiary/aromatic N) is 2. The summed E-state index contributed by atoms with van der Waals surface area (Å²) in [5, 5.41) is 10.4. The van der Waals surface area contributed by atoms with E-state index in [4.69, 9.17) is 16.3 Å². The molecule has 3 atom stereocenters. The molecule has 1 aliphatic rings. The summed E-state index contributed by atoms with van der Waals surface area (Å²) < 4.78 is 59.1. The molecule has 1 N–H and O–H groups in total. The molecular formula is C29H27ClF4N2O3. The van der Waals surface area contributed by atoms with Crippen LogP contribution in [0.25, 0.3) is 10.9 Å². The molecule has 5 nitrogen and oxygen atoms in total. The summed E-state index contributed by atoms with van der Waals surface area (Å²) in [6, 6.07) is 9.91. The molecule has 0 bridgehead atoms. The van der Waals surface area contributed by atoms with Crippen LogP contribution in [0, 0.1) is 23.7 Å². The average molecular weight is 563 g/mol. The highest BCUT2D eigenvalue weighted by Gasteiger charge is 2.34. The number of carboxylic acid groups (broad SMARTS) is 1.